The number of hydrogen-bond donors (Lipinski definition) is 1. The minimum absolute atomic E-state index is 0.00579. The van der Waals surface area contributed by atoms with Crippen LogP contribution in [0.1, 0.15) is 59.0 Å². The van der Waals surface area contributed by atoms with E-state index in [1.165, 1.54) is 12.1 Å². The second-order valence-electron chi connectivity index (χ2n) is 10.0. The molecule has 0 aromatic carbocycles. The number of ether oxygens (including phenoxy) is 1. The van der Waals surface area contributed by atoms with Crippen molar-refractivity contribution in [2.75, 3.05) is 13.1 Å². The lowest BCUT2D eigenvalue weighted by molar-refractivity contribution is -0.125. The molecule has 1 saturated heterocycles. The SMILES string of the molecule is CC(C)(C)OC(=O)N1CC2C(C1)C2C(=O)NC(C)(C)c1ncc2n1CCCC2. The van der Waals surface area contributed by atoms with E-state index < -0.39 is 11.1 Å². The van der Waals surface area contributed by atoms with Gasteiger partial charge in [0.2, 0.25) is 5.91 Å². The zero-order valence-corrected chi connectivity index (χ0v) is 17.6. The molecule has 7 heteroatoms. The first-order valence-corrected chi connectivity index (χ1v) is 10.4. The van der Waals surface area contributed by atoms with Crippen LogP contribution in [0.15, 0.2) is 6.20 Å². The van der Waals surface area contributed by atoms with Crippen LogP contribution in [0.3, 0.4) is 0 Å². The molecule has 0 spiro atoms. The Kier molecular flexibility index (Phi) is 4.47. The summed E-state index contributed by atoms with van der Waals surface area (Å²) in [5.74, 6) is 1.51. The van der Waals surface area contributed by atoms with Crippen molar-refractivity contribution in [1.82, 2.24) is 19.8 Å². The molecule has 1 aliphatic carbocycles. The number of fused-ring (bicyclic) bond motifs is 2. The third-order valence-electron chi connectivity index (χ3n) is 6.15. The molecule has 1 saturated carbocycles. The first-order valence-electron chi connectivity index (χ1n) is 10.4. The number of nitrogens with zero attached hydrogens (tertiary/aromatic N) is 3. The molecule has 2 unspecified atom stereocenters. The zero-order valence-electron chi connectivity index (χ0n) is 17.6. The minimum atomic E-state index is -0.506. The Hall–Kier alpha value is -2.05. The summed E-state index contributed by atoms with van der Waals surface area (Å²) in [7, 11) is 0. The van der Waals surface area contributed by atoms with Gasteiger partial charge in [0.25, 0.3) is 0 Å². The lowest BCUT2D eigenvalue weighted by Gasteiger charge is -2.29. The molecule has 1 N–H and O–H groups in total. The van der Waals surface area contributed by atoms with Gasteiger partial charge in [0.1, 0.15) is 11.4 Å². The van der Waals surface area contributed by atoms with Crippen LogP contribution < -0.4 is 5.32 Å². The maximum absolute atomic E-state index is 12.9. The van der Waals surface area contributed by atoms with Gasteiger partial charge in [0.15, 0.2) is 0 Å². The first-order chi connectivity index (χ1) is 13.1. The number of amides is 2. The van der Waals surface area contributed by atoms with Crippen molar-refractivity contribution in [3.63, 3.8) is 0 Å². The van der Waals surface area contributed by atoms with E-state index in [2.05, 4.69) is 14.9 Å². The molecule has 1 aromatic rings. The Morgan fingerprint density at radius 1 is 1.14 bits per heavy atom. The molecule has 4 rings (SSSR count). The van der Waals surface area contributed by atoms with Crippen molar-refractivity contribution in [3.8, 4) is 0 Å². The van der Waals surface area contributed by atoms with Gasteiger partial charge in [-0.1, -0.05) is 0 Å². The van der Waals surface area contributed by atoms with E-state index >= 15 is 0 Å². The summed E-state index contributed by atoms with van der Waals surface area (Å²) < 4.78 is 7.71. The van der Waals surface area contributed by atoms with Crippen LogP contribution in [0.4, 0.5) is 4.79 Å². The molecule has 28 heavy (non-hydrogen) atoms. The van der Waals surface area contributed by atoms with E-state index in [0.29, 0.717) is 13.1 Å². The molecule has 7 nitrogen and oxygen atoms in total. The van der Waals surface area contributed by atoms with Gasteiger partial charge in [-0.15, -0.1) is 0 Å². The highest BCUT2D eigenvalue weighted by atomic mass is 16.6. The van der Waals surface area contributed by atoms with Crippen LogP contribution in [0.5, 0.6) is 0 Å². The summed E-state index contributed by atoms with van der Waals surface area (Å²) in [6.07, 6.45) is 5.10. The number of aryl methyl sites for hydroxylation is 1. The molecule has 0 bridgehead atoms. The van der Waals surface area contributed by atoms with E-state index in [9.17, 15) is 9.59 Å². The van der Waals surface area contributed by atoms with Gasteiger partial charge in [0.05, 0.1) is 5.54 Å². The summed E-state index contributed by atoms with van der Waals surface area (Å²) in [6.45, 7) is 11.9. The van der Waals surface area contributed by atoms with Gasteiger partial charge in [-0.2, -0.15) is 0 Å². The number of likely N-dealkylation sites (tertiary alicyclic amines) is 1. The molecule has 154 valence electrons. The minimum Gasteiger partial charge on any atom is -0.444 e. The molecular weight excluding hydrogens is 356 g/mol. The lowest BCUT2D eigenvalue weighted by atomic mass is 10.0. The van der Waals surface area contributed by atoms with Gasteiger partial charge in [-0.3, -0.25) is 4.79 Å². The number of imidazole rings is 1. The second-order valence-corrected chi connectivity index (χ2v) is 10.0. The fourth-order valence-corrected chi connectivity index (χ4v) is 4.77. The van der Waals surface area contributed by atoms with Crippen LogP contribution in [0.2, 0.25) is 0 Å². The Balaban J connectivity index is 1.35. The summed E-state index contributed by atoms with van der Waals surface area (Å²) in [6, 6.07) is 0. The van der Waals surface area contributed by atoms with E-state index in [-0.39, 0.29) is 29.8 Å². The average Bonchev–Trinajstić information content (AvgIpc) is 2.96. The summed E-state index contributed by atoms with van der Waals surface area (Å²) in [4.78, 5) is 31.5. The van der Waals surface area contributed by atoms with E-state index in [1.54, 1.807) is 4.90 Å². The monoisotopic (exact) mass is 388 g/mol. The summed E-state index contributed by atoms with van der Waals surface area (Å²) >= 11 is 0. The van der Waals surface area contributed by atoms with E-state index in [1.807, 2.05) is 40.8 Å². The fraction of sp³-hybridized carbons (Fsp3) is 0.762. The number of carbonyl (C=O) groups excluding carboxylic acids is 2. The van der Waals surface area contributed by atoms with Crippen LogP contribution in [-0.2, 0) is 28.0 Å². The molecule has 2 amide bonds. The maximum atomic E-state index is 12.9. The van der Waals surface area contributed by atoms with Crippen molar-refractivity contribution >= 4 is 12.0 Å². The topological polar surface area (TPSA) is 76.5 Å². The van der Waals surface area contributed by atoms with Gasteiger partial charge < -0.3 is 19.5 Å². The largest absolute Gasteiger partial charge is 0.444 e. The number of piperidine rings is 1. The molecular formula is C21H32N4O3. The van der Waals surface area contributed by atoms with Crippen molar-refractivity contribution in [1.29, 1.82) is 0 Å². The molecule has 0 radical (unpaired) electrons. The normalized spacial score (nSPS) is 26.5. The summed E-state index contributed by atoms with van der Waals surface area (Å²) in [5, 5.41) is 3.22. The fourth-order valence-electron chi connectivity index (χ4n) is 4.77. The summed E-state index contributed by atoms with van der Waals surface area (Å²) in [5.41, 5.74) is 0.266. The third kappa shape index (κ3) is 3.51. The predicted molar refractivity (Wildman–Crippen MR) is 105 cm³/mol. The molecule has 3 heterocycles. The Morgan fingerprint density at radius 2 is 1.82 bits per heavy atom. The maximum Gasteiger partial charge on any atom is 0.410 e. The standard InChI is InChI=1S/C21H32N4O3/c1-20(2,3)28-19(27)24-11-14-15(12-24)16(14)17(26)23-21(4,5)18-22-10-13-8-6-7-9-25(13)18/h10,14-16H,6-9,11-12H2,1-5H3,(H,23,26). The van der Waals surface area contributed by atoms with Crippen LogP contribution in [0.25, 0.3) is 0 Å². The Bertz CT molecular complexity index is 780. The molecule has 2 aliphatic heterocycles. The van der Waals surface area contributed by atoms with Gasteiger partial charge >= 0.3 is 6.09 Å². The number of nitrogens with one attached hydrogen (secondary N) is 1. The molecule has 2 fully saturated rings. The molecule has 1 aromatic heterocycles. The van der Waals surface area contributed by atoms with Crippen molar-refractivity contribution in [3.05, 3.63) is 17.7 Å². The number of rotatable bonds is 3. The van der Waals surface area contributed by atoms with Crippen LogP contribution >= 0.6 is 0 Å². The number of aromatic nitrogens is 2. The Labute approximate surface area is 166 Å². The van der Waals surface area contributed by atoms with Crippen LogP contribution in [-0.4, -0.2) is 45.1 Å². The second kappa shape index (κ2) is 6.49. The Morgan fingerprint density at radius 3 is 2.46 bits per heavy atom. The lowest BCUT2D eigenvalue weighted by Crippen LogP contribution is -2.45. The van der Waals surface area contributed by atoms with Crippen molar-refractivity contribution in [2.24, 2.45) is 17.8 Å². The van der Waals surface area contributed by atoms with E-state index in [0.717, 1.165) is 25.2 Å². The van der Waals surface area contributed by atoms with Crippen LogP contribution in [0, 0.1) is 17.8 Å². The average molecular weight is 389 g/mol. The highest BCUT2D eigenvalue weighted by Gasteiger charge is 2.61. The third-order valence-corrected chi connectivity index (χ3v) is 6.15. The van der Waals surface area contributed by atoms with Gasteiger partial charge in [-0.05, 0) is 65.7 Å². The first kappa shape index (κ1) is 19.3. The smallest absolute Gasteiger partial charge is 0.410 e. The van der Waals surface area contributed by atoms with Gasteiger partial charge in [-0.25, -0.2) is 9.78 Å². The molecule has 2 atom stereocenters. The van der Waals surface area contributed by atoms with Gasteiger partial charge in [0, 0.05) is 37.4 Å². The molecule has 3 aliphatic rings. The van der Waals surface area contributed by atoms with E-state index in [4.69, 9.17) is 4.74 Å². The number of carbonyl (C=O) groups is 2. The quantitative estimate of drug-likeness (QED) is 0.864. The van der Waals surface area contributed by atoms with Crippen molar-refractivity contribution in [2.45, 2.75) is 71.6 Å². The zero-order chi connectivity index (χ0) is 20.3. The number of hydrogen-bond acceptors (Lipinski definition) is 4. The predicted octanol–water partition coefficient (Wildman–Crippen LogP) is 2.68. The highest BCUT2D eigenvalue weighted by Crippen LogP contribution is 2.52. The highest BCUT2D eigenvalue weighted by molar-refractivity contribution is 5.84. The van der Waals surface area contributed by atoms with Crippen molar-refractivity contribution < 1.29 is 14.3 Å².